The van der Waals surface area contributed by atoms with E-state index in [9.17, 15) is 9.18 Å². The Hall–Kier alpha value is -3.06. The van der Waals surface area contributed by atoms with Crippen LogP contribution in [0.15, 0.2) is 60.8 Å². The largest absolute Gasteiger partial charge is 0.317 e. The molecule has 7 heteroatoms. The van der Waals surface area contributed by atoms with Crippen molar-refractivity contribution >= 4 is 29.1 Å². The Morgan fingerprint density at radius 2 is 1.86 bits per heavy atom. The van der Waals surface area contributed by atoms with Crippen molar-refractivity contribution in [2.75, 3.05) is 5.32 Å². The maximum atomic E-state index is 13.1. The fourth-order valence-electron chi connectivity index (χ4n) is 2.79. The van der Waals surface area contributed by atoms with Gasteiger partial charge in [0, 0.05) is 17.7 Å². The minimum Gasteiger partial charge on any atom is -0.317 e. The first-order valence-electron chi connectivity index (χ1n) is 9.03. The lowest BCUT2D eigenvalue weighted by atomic mass is 10.1. The van der Waals surface area contributed by atoms with Crippen LogP contribution in [0, 0.1) is 5.82 Å². The van der Waals surface area contributed by atoms with Gasteiger partial charge in [0.2, 0.25) is 0 Å². The van der Waals surface area contributed by atoms with Crippen LogP contribution in [0.3, 0.4) is 0 Å². The number of amides is 1. The smallest absolute Gasteiger partial charge is 0.257 e. The fourth-order valence-corrected chi connectivity index (χ4v) is 2.98. The van der Waals surface area contributed by atoms with Crippen LogP contribution in [0.25, 0.3) is 0 Å². The molecule has 1 aromatic heterocycles. The molecule has 0 saturated carbocycles. The van der Waals surface area contributed by atoms with E-state index in [-0.39, 0.29) is 16.8 Å². The van der Waals surface area contributed by atoms with Gasteiger partial charge in [0.25, 0.3) is 5.91 Å². The van der Waals surface area contributed by atoms with Crippen molar-refractivity contribution in [3.63, 3.8) is 0 Å². The Balaban J connectivity index is 1.66. The second kappa shape index (κ2) is 9.23. The van der Waals surface area contributed by atoms with E-state index in [1.54, 1.807) is 42.6 Å². The Labute approximate surface area is 168 Å². The van der Waals surface area contributed by atoms with Crippen LogP contribution >= 0.6 is 12.2 Å². The van der Waals surface area contributed by atoms with Crippen LogP contribution in [0.2, 0.25) is 0 Å². The number of benzene rings is 2. The predicted molar refractivity (Wildman–Crippen MR) is 112 cm³/mol. The second-order valence-corrected chi connectivity index (χ2v) is 6.65. The van der Waals surface area contributed by atoms with Crippen molar-refractivity contribution in [3.05, 3.63) is 83.3 Å². The van der Waals surface area contributed by atoms with Gasteiger partial charge in [-0.3, -0.25) is 10.1 Å². The molecule has 0 bridgehead atoms. The van der Waals surface area contributed by atoms with E-state index in [1.165, 1.54) is 12.1 Å². The molecule has 3 aromatic rings. The van der Waals surface area contributed by atoms with Gasteiger partial charge in [-0.05, 0) is 54.9 Å². The normalized spacial score (nSPS) is 10.5. The number of carbonyl (C=O) groups is 1. The lowest BCUT2D eigenvalue weighted by Crippen LogP contribution is -2.35. The van der Waals surface area contributed by atoms with Gasteiger partial charge >= 0.3 is 0 Å². The molecule has 5 nitrogen and oxygen atoms in total. The van der Waals surface area contributed by atoms with E-state index in [2.05, 4.69) is 15.7 Å². The maximum Gasteiger partial charge on any atom is 0.257 e. The van der Waals surface area contributed by atoms with E-state index >= 15 is 0 Å². The number of aryl methyl sites for hydroxylation is 3. The molecule has 0 radical (unpaired) electrons. The van der Waals surface area contributed by atoms with E-state index < -0.39 is 0 Å². The van der Waals surface area contributed by atoms with Gasteiger partial charge in [-0.15, -0.1) is 0 Å². The highest BCUT2D eigenvalue weighted by Crippen LogP contribution is 2.17. The molecule has 1 heterocycles. The number of rotatable bonds is 6. The lowest BCUT2D eigenvalue weighted by molar-refractivity contribution is 0.0977. The summed E-state index contributed by atoms with van der Waals surface area (Å²) in [5.74, 6) is 0.231. The highest BCUT2D eigenvalue weighted by Gasteiger charge is 2.13. The van der Waals surface area contributed by atoms with Crippen molar-refractivity contribution in [1.29, 1.82) is 0 Å². The summed E-state index contributed by atoms with van der Waals surface area (Å²) in [5.41, 5.74) is 2.54. The van der Waals surface area contributed by atoms with Crippen LogP contribution in [-0.4, -0.2) is 20.8 Å². The molecular weight excluding hydrogens is 375 g/mol. The van der Waals surface area contributed by atoms with Crippen molar-refractivity contribution in [2.24, 2.45) is 0 Å². The van der Waals surface area contributed by atoms with E-state index in [4.69, 9.17) is 12.2 Å². The predicted octanol–water partition coefficient (Wildman–Crippen LogP) is 3.95. The zero-order valence-electron chi connectivity index (χ0n) is 15.5. The zero-order chi connectivity index (χ0) is 19.9. The summed E-state index contributed by atoms with van der Waals surface area (Å²) in [5, 5.41) is 10.4. The summed E-state index contributed by atoms with van der Waals surface area (Å²) in [4.78, 5) is 12.3. The first-order valence-corrected chi connectivity index (χ1v) is 9.44. The van der Waals surface area contributed by atoms with Gasteiger partial charge in [-0.2, -0.15) is 5.10 Å². The maximum absolute atomic E-state index is 13.1. The quantitative estimate of drug-likeness (QED) is 0.620. The molecule has 3 rings (SSSR count). The standard InChI is InChI=1S/C21H21FN4OS/c1-2-16-14-23-26(13-12-15-8-10-18(22)11-9-15)19(16)24-21(28)25-20(27)17-6-4-3-5-7-17/h3-11,14H,2,12-13H2,1H3,(H2,24,25,27,28). The van der Waals surface area contributed by atoms with Crippen LogP contribution in [-0.2, 0) is 19.4 Å². The number of aromatic nitrogens is 2. The van der Waals surface area contributed by atoms with E-state index in [1.807, 2.05) is 17.7 Å². The fraction of sp³-hybridized carbons (Fsp3) is 0.190. The minimum absolute atomic E-state index is 0.215. The first-order chi connectivity index (χ1) is 13.6. The molecule has 0 aliphatic carbocycles. The molecule has 0 aliphatic rings. The minimum atomic E-state index is -0.270. The third kappa shape index (κ3) is 5.01. The van der Waals surface area contributed by atoms with Crippen molar-refractivity contribution in [1.82, 2.24) is 15.1 Å². The number of hydrogen-bond donors (Lipinski definition) is 2. The van der Waals surface area contributed by atoms with Crippen LogP contribution in [0.5, 0.6) is 0 Å². The molecule has 0 saturated heterocycles. The molecule has 0 aliphatic heterocycles. The Morgan fingerprint density at radius 1 is 1.14 bits per heavy atom. The highest BCUT2D eigenvalue weighted by atomic mass is 32.1. The number of hydrogen-bond acceptors (Lipinski definition) is 3. The Morgan fingerprint density at radius 3 is 2.54 bits per heavy atom. The average Bonchev–Trinajstić information content (AvgIpc) is 3.09. The number of halogens is 1. The number of nitrogens with zero attached hydrogens (tertiary/aromatic N) is 2. The van der Waals surface area contributed by atoms with Crippen LogP contribution in [0.4, 0.5) is 10.2 Å². The van der Waals surface area contributed by atoms with E-state index in [0.29, 0.717) is 18.5 Å². The van der Waals surface area contributed by atoms with Gasteiger partial charge < -0.3 is 5.32 Å². The van der Waals surface area contributed by atoms with Crippen molar-refractivity contribution in [3.8, 4) is 0 Å². The van der Waals surface area contributed by atoms with Crippen LogP contribution < -0.4 is 10.6 Å². The number of anilines is 1. The third-order valence-corrected chi connectivity index (χ3v) is 4.52. The molecule has 0 spiro atoms. The molecule has 2 N–H and O–H groups in total. The first kappa shape index (κ1) is 19.7. The van der Waals surface area contributed by atoms with E-state index in [0.717, 1.165) is 23.4 Å². The summed E-state index contributed by atoms with van der Waals surface area (Å²) in [6.45, 7) is 2.63. The second-order valence-electron chi connectivity index (χ2n) is 6.25. The van der Waals surface area contributed by atoms with Crippen LogP contribution in [0.1, 0.15) is 28.4 Å². The molecule has 0 fully saturated rings. The average molecular weight is 396 g/mol. The zero-order valence-corrected chi connectivity index (χ0v) is 16.3. The van der Waals surface area contributed by atoms with Crippen molar-refractivity contribution in [2.45, 2.75) is 26.3 Å². The van der Waals surface area contributed by atoms with Gasteiger partial charge in [0.05, 0.1) is 6.20 Å². The molecular formula is C21H21FN4OS. The highest BCUT2D eigenvalue weighted by molar-refractivity contribution is 7.80. The van der Waals surface area contributed by atoms with Gasteiger partial charge in [-0.1, -0.05) is 37.3 Å². The van der Waals surface area contributed by atoms with Crippen molar-refractivity contribution < 1.29 is 9.18 Å². The number of nitrogens with one attached hydrogen (secondary N) is 2. The topological polar surface area (TPSA) is 59.0 Å². The van der Waals surface area contributed by atoms with Gasteiger partial charge in [-0.25, -0.2) is 9.07 Å². The monoisotopic (exact) mass is 396 g/mol. The van der Waals surface area contributed by atoms with Gasteiger partial charge in [0.15, 0.2) is 5.11 Å². The third-order valence-electron chi connectivity index (χ3n) is 4.32. The summed E-state index contributed by atoms with van der Waals surface area (Å²) in [7, 11) is 0. The summed E-state index contributed by atoms with van der Waals surface area (Å²) in [6, 6.07) is 15.3. The molecule has 1 amide bonds. The molecule has 0 atom stereocenters. The Kier molecular flexibility index (Phi) is 6.49. The molecule has 2 aromatic carbocycles. The number of carbonyl (C=O) groups excluding carboxylic acids is 1. The summed E-state index contributed by atoms with van der Waals surface area (Å²) in [6.07, 6.45) is 3.26. The molecule has 28 heavy (non-hydrogen) atoms. The molecule has 144 valence electrons. The molecule has 0 unspecified atom stereocenters. The Bertz CT molecular complexity index is 954. The van der Waals surface area contributed by atoms with Gasteiger partial charge in [0.1, 0.15) is 11.6 Å². The summed E-state index contributed by atoms with van der Waals surface area (Å²) < 4.78 is 14.9. The number of thiocarbonyl (C=S) groups is 1. The SMILES string of the molecule is CCc1cnn(CCc2ccc(F)cc2)c1NC(=S)NC(=O)c1ccccc1. The lowest BCUT2D eigenvalue weighted by Gasteiger charge is -2.13. The summed E-state index contributed by atoms with van der Waals surface area (Å²) >= 11 is 5.31.